The van der Waals surface area contributed by atoms with E-state index in [9.17, 15) is 8.78 Å². The molecule has 0 aliphatic heterocycles. The van der Waals surface area contributed by atoms with Crippen molar-refractivity contribution in [1.29, 1.82) is 0 Å². The zero-order valence-electron chi connectivity index (χ0n) is 11.1. The Morgan fingerprint density at radius 2 is 1.52 bits per heavy atom. The number of alkyl halides is 2. The van der Waals surface area contributed by atoms with Crippen LogP contribution in [0.25, 0.3) is 0 Å². The Hall–Kier alpha value is -0.830. The summed E-state index contributed by atoms with van der Waals surface area (Å²) in [4.78, 5) is 0. The average Bonchev–Trinajstić information content (AvgIpc) is 2.49. The van der Waals surface area contributed by atoms with E-state index in [-0.39, 0.29) is 22.6 Å². The van der Waals surface area contributed by atoms with E-state index in [1.165, 1.54) is 24.3 Å². The number of benzene rings is 2. The summed E-state index contributed by atoms with van der Waals surface area (Å²) in [7, 11) is 0. The van der Waals surface area contributed by atoms with Crippen LogP contribution in [0.4, 0.5) is 8.78 Å². The van der Waals surface area contributed by atoms with Crippen LogP contribution >= 0.6 is 34.8 Å². The summed E-state index contributed by atoms with van der Waals surface area (Å²) in [5.74, 6) is -0.320. The topological polar surface area (TPSA) is 0 Å². The predicted octanol–water partition coefficient (Wildman–Crippen LogP) is 5.58. The van der Waals surface area contributed by atoms with Crippen LogP contribution in [-0.4, -0.2) is 11.8 Å². The van der Waals surface area contributed by atoms with Crippen molar-refractivity contribution >= 4 is 34.8 Å². The Morgan fingerprint density at radius 1 is 0.905 bits per heavy atom. The molecule has 0 bridgehead atoms. The quantitative estimate of drug-likeness (QED) is 0.618. The van der Waals surface area contributed by atoms with Gasteiger partial charge >= 0.3 is 0 Å². The third kappa shape index (κ3) is 3.68. The highest BCUT2D eigenvalue weighted by Crippen LogP contribution is 2.32. The highest BCUT2D eigenvalue weighted by molar-refractivity contribution is 6.30. The molecule has 0 heterocycles. The van der Waals surface area contributed by atoms with Crippen LogP contribution < -0.4 is 0 Å². The fraction of sp³-hybridized carbons (Fsp3) is 0.250. The van der Waals surface area contributed by atoms with E-state index < -0.39 is 11.2 Å². The molecule has 0 saturated carbocycles. The van der Waals surface area contributed by atoms with Gasteiger partial charge in [-0.1, -0.05) is 29.8 Å². The SMILES string of the molecule is Fc1ccc(C(CCl)(CCl)Cc2ccc(Cl)c(F)c2)cc1. The van der Waals surface area contributed by atoms with Gasteiger partial charge in [0, 0.05) is 17.2 Å². The van der Waals surface area contributed by atoms with Gasteiger partial charge in [-0.15, -0.1) is 23.2 Å². The number of hydrogen-bond donors (Lipinski definition) is 0. The Kier molecular flexibility index (Phi) is 5.48. The zero-order chi connectivity index (χ0) is 15.5. The van der Waals surface area contributed by atoms with Crippen LogP contribution in [0, 0.1) is 11.6 Å². The third-order valence-electron chi connectivity index (χ3n) is 3.49. The van der Waals surface area contributed by atoms with Crippen molar-refractivity contribution in [3.8, 4) is 0 Å². The molecule has 0 fully saturated rings. The van der Waals surface area contributed by atoms with E-state index in [2.05, 4.69) is 0 Å². The van der Waals surface area contributed by atoms with Crippen LogP contribution in [0.3, 0.4) is 0 Å². The zero-order valence-corrected chi connectivity index (χ0v) is 13.3. The molecule has 112 valence electrons. The average molecular weight is 350 g/mol. The highest BCUT2D eigenvalue weighted by atomic mass is 35.5. The van der Waals surface area contributed by atoms with Gasteiger partial charge in [-0.05, 0) is 41.8 Å². The van der Waals surface area contributed by atoms with Gasteiger partial charge in [0.1, 0.15) is 11.6 Å². The fourth-order valence-electron chi connectivity index (χ4n) is 2.23. The number of halogens is 5. The molecule has 0 aliphatic rings. The molecule has 0 saturated heterocycles. The third-order valence-corrected chi connectivity index (χ3v) is 4.82. The lowest BCUT2D eigenvalue weighted by molar-refractivity contribution is 0.530. The van der Waals surface area contributed by atoms with Gasteiger partial charge in [0.2, 0.25) is 0 Å². The van der Waals surface area contributed by atoms with Crippen LogP contribution in [0.1, 0.15) is 11.1 Å². The van der Waals surface area contributed by atoms with Gasteiger partial charge < -0.3 is 0 Å². The molecule has 0 N–H and O–H groups in total. The summed E-state index contributed by atoms with van der Waals surface area (Å²) >= 11 is 17.9. The minimum Gasteiger partial charge on any atom is -0.207 e. The monoisotopic (exact) mass is 348 g/mol. The molecule has 0 radical (unpaired) electrons. The van der Waals surface area contributed by atoms with Gasteiger partial charge in [0.25, 0.3) is 0 Å². The van der Waals surface area contributed by atoms with Crippen molar-refractivity contribution in [2.24, 2.45) is 0 Å². The van der Waals surface area contributed by atoms with Gasteiger partial charge in [-0.2, -0.15) is 0 Å². The Morgan fingerprint density at radius 3 is 2.05 bits per heavy atom. The van der Waals surface area contributed by atoms with Gasteiger partial charge in [0.05, 0.1) is 5.02 Å². The van der Waals surface area contributed by atoms with Crippen molar-refractivity contribution in [3.63, 3.8) is 0 Å². The maximum atomic E-state index is 13.6. The second-order valence-corrected chi connectivity index (χ2v) is 5.92. The summed E-state index contributed by atoms with van der Waals surface area (Å²) in [6, 6.07) is 10.7. The number of hydrogen-bond acceptors (Lipinski definition) is 0. The summed E-state index contributed by atoms with van der Waals surface area (Å²) in [5, 5.41) is 0.0721. The Balaban J connectivity index is 2.37. The molecular formula is C16H13Cl3F2. The van der Waals surface area contributed by atoms with E-state index in [1.54, 1.807) is 18.2 Å². The minimum atomic E-state index is -0.586. The first-order chi connectivity index (χ1) is 10.0. The van der Waals surface area contributed by atoms with E-state index in [0.29, 0.717) is 6.42 Å². The van der Waals surface area contributed by atoms with Crippen molar-refractivity contribution in [1.82, 2.24) is 0 Å². The van der Waals surface area contributed by atoms with Crippen molar-refractivity contribution in [2.45, 2.75) is 11.8 Å². The Bertz CT molecular complexity index is 607. The van der Waals surface area contributed by atoms with Crippen LogP contribution in [0.2, 0.25) is 5.02 Å². The molecule has 0 aromatic heterocycles. The minimum absolute atomic E-state index is 0.0721. The van der Waals surface area contributed by atoms with Gasteiger partial charge in [-0.3, -0.25) is 0 Å². The van der Waals surface area contributed by atoms with Crippen molar-refractivity contribution in [3.05, 3.63) is 70.2 Å². The first-order valence-electron chi connectivity index (χ1n) is 6.33. The summed E-state index contributed by atoms with van der Waals surface area (Å²) in [5.41, 5.74) is 0.976. The molecular weight excluding hydrogens is 337 g/mol. The first-order valence-corrected chi connectivity index (χ1v) is 7.77. The lowest BCUT2D eigenvalue weighted by Gasteiger charge is -2.30. The largest absolute Gasteiger partial charge is 0.207 e. The van der Waals surface area contributed by atoms with Crippen LogP contribution in [0.5, 0.6) is 0 Å². The van der Waals surface area contributed by atoms with Crippen LogP contribution in [-0.2, 0) is 11.8 Å². The lowest BCUT2D eigenvalue weighted by atomic mass is 9.78. The maximum Gasteiger partial charge on any atom is 0.142 e. The molecule has 0 nitrogen and oxygen atoms in total. The molecule has 2 rings (SSSR count). The molecule has 5 heteroatoms. The molecule has 0 spiro atoms. The highest BCUT2D eigenvalue weighted by Gasteiger charge is 2.31. The van der Waals surface area contributed by atoms with Crippen LogP contribution in [0.15, 0.2) is 42.5 Å². The molecule has 2 aromatic rings. The summed E-state index contributed by atoms with van der Waals surface area (Å²) < 4.78 is 26.6. The van der Waals surface area contributed by atoms with E-state index in [4.69, 9.17) is 34.8 Å². The van der Waals surface area contributed by atoms with Crippen molar-refractivity contribution in [2.75, 3.05) is 11.8 Å². The number of rotatable bonds is 5. The van der Waals surface area contributed by atoms with Crippen molar-refractivity contribution < 1.29 is 8.78 Å². The standard InChI is InChI=1S/C16H13Cl3F2/c17-9-16(10-18,12-2-4-13(20)5-3-12)8-11-1-6-14(19)15(21)7-11/h1-7H,8-10H2. The fourth-order valence-corrected chi connectivity index (χ4v) is 3.13. The Labute approximate surface area is 137 Å². The van der Waals surface area contributed by atoms with E-state index in [1.807, 2.05) is 0 Å². The van der Waals surface area contributed by atoms with E-state index >= 15 is 0 Å². The second-order valence-electron chi connectivity index (χ2n) is 4.98. The molecule has 21 heavy (non-hydrogen) atoms. The predicted molar refractivity (Wildman–Crippen MR) is 84.6 cm³/mol. The molecule has 0 atom stereocenters. The second kappa shape index (κ2) is 6.95. The summed E-state index contributed by atoms with van der Waals surface area (Å²) in [6.07, 6.45) is 0.444. The van der Waals surface area contributed by atoms with Gasteiger partial charge in [-0.25, -0.2) is 8.78 Å². The van der Waals surface area contributed by atoms with E-state index in [0.717, 1.165) is 11.1 Å². The normalized spacial score (nSPS) is 11.7. The molecule has 2 aromatic carbocycles. The molecule has 0 amide bonds. The molecule has 0 unspecified atom stereocenters. The summed E-state index contributed by atoms with van der Waals surface area (Å²) in [6.45, 7) is 0. The maximum absolute atomic E-state index is 13.6. The van der Waals surface area contributed by atoms with Gasteiger partial charge in [0.15, 0.2) is 0 Å². The first kappa shape index (κ1) is 16.5. The molecule has 0 aliphatic carbocycles. The lowest BCUT2D eigenvalue weighted by Crippen LogP contribution is -2.33. The smallest absolute Gasteiger partial charge is 0.142 e.